The number of hydrogen-bond acceptors (Lipinski definition) is 2. The number of hydrogen-bond donors (Lipinski definition) is 1. The third kappa shape index (κ3) is 2.54. The summed E-state index contributed by atoms with van der Waals surface area (Å²) in [5.41, 5.74) is 6.50. The fourth-order valence-electron chi connectivity index (χ4n) is 3.22. The van der Waals surface area contributed by atoms with Crippen LogP contribution in [0.2, 0.25) is 0 Å². The van der Waals surface area contributed by atoms with E-state index in [1.807, 2.05) is 7.11 Å². The van der Waals surface area contributed by atoms with Crippen molar-refractivity contribution in [3.05, 3.63) is 0 Å². The molecule has 1 unspecified atom stereocenters. The Bertz CT molecular complexity index is 189. The molecule has 0 aromatic carbocycles. The average molecular weight is 211 g/mol. The minimum absolute atomic E-state index is 0.164. The molecule has 0 spiro atoms. The van der Waals surface area contributed by atoms with Crippen LogP contribution in [-0.4, -0.2) is 18.8 Å². The molecule has 88 valence electrons. The van der Waals surface area contributed by atoms with Crippen LogP contribution < -0.4 is 5.73 Å². The van der Waals surface area contributed by atoms with Crippen LogP contribution in [0, 0.1) is 5.92 Å². The van der Waals surface area contributed by atoms with Gasteiger partial charge in [-0.3, -0.25) is 0 Å². The number of ether oxygens (including phenoxy) is 1. The predicted molar refractivity (Wildman–Crippen MR) is 62.8 cm³/mol. The average Bonchev–Trinajstić information content (AvgIpc) is 2.24. The lowest BCUT2D eigenvalue weighted by Gasteiger charge is -2.44. The van der Waals surface area contributed by atoms with Crippen LogP contribution in [0.25, 0.3) is 0 Å². The largest absolute Gasteiger partial charge is 0.378 e. The topological polar surface area (TPSA) is 35.2 Å². The highest BCUT2D eigenvalue weighted by atomic mass is 16.5. The van der Waals surface area contributed by atoms with Crippen molar-refractivity contribution >= 4 is 0 Å². The standard InChI is InChI=1S/C13H25NO/c1-15-13(8-5-9-13)10-12(14)11-6-3-2-4-7-11/h11-12H,2-10,14H2,1H3. The maximum absolute atomic E-state index is 6.34. The Balaban J connectivity index is 1.82. The maximum atomic E-state index is 6.34. The van der Waals surface area contributed by atoms with Crippen LogP contribution in [0.15, 0.2) is 0 Å². The summed E-state index contributed by atoms with van der Waals surface area (Å²) < 4.78 is 5.66. The van der Waals surface area contributed by atoms with Crippen molar-refractivity contribution in [2.75, 3.05) is 7.11 Å². The lowest BCUT2D eigenvalue weighted by molar-refractivity contribution is -0.0851. The van der Waals surface area contributed by atoms with E-state index in [0.717, 1.165) is 12.3 Å². The number of rotatable bonds is 4. The summed E-state index contributed by atoms with van der Waals surface area (Å²) in [6, 6.07) is 0.380. The monoisotopic (exact) mass is 211 g/mol. The Morgan fingerprint density at radius 1 is 1.20 bits per heavy atom. The van der Waals surface area contributed by atoms with E-state index in [1.54, 1.807) is 0 Å². The quantitative estimate of drug-likeness (QED) is 0.776. The van der Waals surface area contributed by atoms with E-state index in [1.165, 1.54) is 51.4 Å². The molecule has 0 amide bonds. The van der Waals surface area contributed by atoms with Gasteiger partial charge in [0.2, 0.25) is 0 Å². The molecule has 0 aliphatic heterocycles. The summed E-state index contributed by atoms with van der Waals surface area (Å²) in [6.45, 7) is 0. The second kappa shape index (κ2) is 4.84. The van der Waals surface area contributed by atoms with Gasteiger partial charge in [0.15, 0.2) is 0 Å². The van der Waals surface area contributed by atoms with Gasteiger partial charge >= 0.3 is 0 Å². The summed E-state index contributed by atoms with van der Waals surface area (Å²) in [7, 11) is 1.85. The van der Waals surface area contributed by atoms with Gasteiger partial charge in [0.1, 0.15) is 0 Å². The van der Waals surface area contributed by atoms with Gasteiger partial charge in [0.05, 0.1) is 5.60 Å². The van der Waals surface area contributed by atoms with Crippen LogP contribution in [0.5, 0.6) is 0 Å². The van der Waals surface area contributed by atoms with E-state index < -0.39 is 0 Å². The van der Waals surface area contributed by atoms with E-state index in [0.29, 0.717) is 6.04 Å². The van der Waals surface area contributed by atoms with Crippen molar-refractivity contribution in [3.8, 4) is 0 Å². The van der Waals surface area contributed by atoms with Crippen molar-refractivity contribution in [2.24, 2.45) is 11.7 Å². The second-order valence-electron chi connectivity index (χ2n) is 5.51. The summed E-state index contributed by atoms with van der Waals surface area (Å²) in [6.07, 6.45) is 11.8. The zero-order valence-electron chi connectivity index (χ0n) is 10.0. The molecule has 2 heteroatoms. The Morgan fingerprint density at radius 2 is 1.87 bits per heavy atom. The molecule has 15 heavy (non-hydrogen) atoms. The van der Waals surface area contributed by atoms with Gasteiger partial charge < -0.3 is 10.5 Å². The molecule has 2 aliphatic rings. The van der Waals surface area contributed by atoms with Crippen molar-refractivity contribution in [1.82, 2.24) is 0 Å². The summed E-state index contributed by atoms with van der Waals surface area (Å²) in [5, 5.41) is 0. The first-order chi connectivity index (χ1) is 7.26. The first-order valence-corrected chi connectivity index (χ1v) is 6.56. The third-order valence-electron chi connectivity index (χ3n) is 4.56. The molecule has 2 nitrogen and oxygen atoms in total. The minimum atomic E-state index is 0.164. The normalized spacial score (nSPS) is 28.4. The molecular weight excluding hydrogens is 186 g/mol. The van der Waals surface area contributed by atoms with Crippen molar-refractivity contribution in [3.63, 3.8) is 0 Å². The van der Waals surface area contributed by atoms with Gasteiger partial charge in [-0.2, -0.15) is 0 Å². The molecule has 1 atom stereocenters. The van der Waals surface area contributed by atoms with Crippen LogP contribution in [0.3, 0.4) is 0 Å². The van der Waals surface area contributed by atoms with Gasteiger partial charge in [-0.25, -0.2) is 0 Å². The van der Waals surface area contributed by atoms with Crippen molar-refractivity contribution in [1.29, 1.82) is 0 Å². The Labute approximate surface area is 93.6 Å². The first kappa shape index (κ1) is 11.4. The molecule has 2 saturated carbocycles. The van der Waals surface area contributed by atoms with Gasteiger partial charge in [-0.1, -0.05) is 19.3 Å². The molecule has 2 fully saturated rings. The maximum Gasteiger partial charge on any atom is 0.0693 e. The molecule has 0 saturated heterocycles. The third-order valence-corrected chi connectivity index (χ3v) is 4.56. The fraction of sp³-hybridized carbons (Fsp3) is 1.00. The first-order valence-electron chi connectivity index (χ1n) is 6.56. The Morgan fingerprint density at radius 3 is 2.33 bits per heavy atom. The molecule has 0 aromatic heterocycles. The predicted octanol–water partition coefficient (Wildman–Crippen LogP) is 2.85. The number of nitrogens with two attached hydrogens (primary N) is 1. The van der Waals surface area contributed by atoms with E-state index in [9.17, 15) is 0 Å². The van der Waals surface area contributed by atoms with E-state index in [-0.39, 0.29) is 5.60 Å². The fourth-order valence-corrected chi connectivity index (χ4v) is 3.22. The van der Waals surface area contributed by atoms with Crippen LogP contribution in [-0.2, 0) is 4.74 Å². The molecule has 2 rings (SSSR count). The molecule has 0 aromatic rings. The lowest BCUT2D eigenvalue weighted by atomic mass is 9.72. The van der Waals surface area contributed by atoms with Gasteiger partial charge in [0.25, 0.3) is 0 Å². The van der Waals surface area contributed by atoms with Crippen molar-refractivity contribution < 1.29 is 4.74 Å². The van der Waals surface area contributed by atoms with Crippen LogP contribution in [0.4, 0.5) is 0 Å². The molecular formula is C13H25NO. The second-order valence-corrected chi connectivity index (χ2v) is 5.51. The Hall–Kier alpha value is -0.0800. The zero-order chi connectivity index (χ0) is 10.7. The van der Waals surface area contributed by atoms with Gasteiger partial charge in [0, 0.05) is 13.2 Å². The van der Waals surface area contributed by atoms with Gasteiger partial charge in [-0.15, -0.1) is 0 Å². The highest BCUT2D eigenvalue weighted by Gasteiger charge is 2.39. The Kier molecular flexibility index (Phi) is 3.68. The summed E-state index contributed by atoms with van der Waals surface area (Å²) >= 11 is 0. The van der Waals surface area contributed by atoms with Crippen LogP contribution >= 0.6 is 0 Å². The van der Waals surface area contributed by atoms with E-state index >= 15 is 0 Å². The van der Waals surface area contributed by atoms with Crippen molar-refractivity contribution in [2.45, 2.75) is 69.4 Å². The summed E-state index contributed by atoms with van der Waals surface area (Å²) in [5.74, 6) is 0.770. The molecule has 2 aliphatic carbocycles. The van der Waals surface area contributed by atoms with E-state index in [4.69, 9.17) is 10.5 Å². The molecule has 0 heterocycles. The minimum Gasteiger partial charge on any atom is -0.378 e. The highest BCUT2D eigenvalue weighted by molar-refractivity contribution is 4.94. The zero-order valence-corrected chi connectivity index (χ0v) is 10.0. The summed E-state index contributed by atoms with van der Waals surface area (Å²) in [4.78, 5) is 0. The SMILES string of the molecule is COC1(CC(N)C2CCCCC2)CCC1. The van der Waals surface area contributed by atoms with E-state index in [2.05, 4.69) is 0 Å². The molecule has 0 radical (unpaired) electrons. The smallest absolute Gasteiger partial charge is 0.0693 e. The highest BCUT2D eigenvalue weighted by Crippen LogP contribution is 2.40. The number of methoxy groups -OCH3 is 1. The molecule has 2 N–H and O–H groups in total. The van der Waals surface area contributed by atoms with Gasteiger partial charge in [-0.05, 0) is 44.4 Å². The van der Waals surface area contributed by atoms with Crippen LogP contribution in [0.1, 0.15) is 57.8 Å². The lowest BCUT2D eigenvalue weighted by Crippen LogP contribution is -2.46. The molecule has 0 bridgehead atoms.